The molecule has 0 aromatic heterocycles. The fraction of sp³-hybridized carbons (Fsp3) is 0.548. The predicted molar refractivity (Wildman–Crippen MR) is 151 cm³/mol. The number of carbonyl (C=O) groups is 2. The van der Waals surface area contributed by atoms with E-state index >= 15 is 0 Å². The lowest BCUT2D eigenvalue weighted by Crippen LogP contribution is -2.68. The summed E-state index contributed by atoms with van der Waals surface area (Å²) >= 11 is 0. The van der Waals surface area contributed by atoms with Crippen LogP contribution < -0.4 is 24.3 Å². The summed E-state index contributed by atoms with van der Waals surface area (Å²) in [7, 11) is 2.80. The molecule has 5 N–H and O–H groups in total. The molecule has 0 saturated carbocycles. The number of aromatic hydroxyl groups is 1. The van der Waals surface area contributed by atoms with E-state index in [4.69, 9.17) is 37.9 Å². The van der Waals surface area contributed by atoms with Gasteiger partial charge in [-0.05, 0) is 47.9 Å². The smallest absolute Gasteiger partial charge is 0.310 e. The monoisotopic (exact) mass is 645 g/mol. The Hall–Kier alpha value is -3.86. The van der Waals surface area contributed by atoms with Gasteiger partial charge in [0.25, 0.3) is 0 Å². The zero-order chi connectivity index (χ0) is 32.5. The number of carbonyl (C=O) groups excluding carboxylic acids is 2. The van der Waals surface area contributed by atoms with E-state index in [-0.39, 0.29) is 37.3 Å². The first-order chi connectivity index (χ1) is 22.0. The Kier molecular flexibility index (Phi) is 7.65. The van der Waals surface area contributed by atoms with Crippen LogP contribution in [0.2, 0.25) is 0 Å². The molecule has 0 radical (unpaired) electrons. The van der Waals surface area contributed by atoms with Crippen LogP contribution in [-0.4, -0.2) is 103 Å². The summed E-state index contributed by atoms with van der Waals surface area (Å²) < 4.78 is 44.3. The van der Waals surface area contributed by atoms with Crippen molar-refractivity contribution in [2.75, 3.05) is 34.2 Å². The van der Waals surface area contributed by atoms with Crippen LogP contribution in [-0.2, 0) is 28.5 Å². The van der Waals surface area contributed by atoms with Crippen LogP contribution in [0.25, 0.3) is 0 Å². The van der Waals surface area contributed by atoms with Crippen LogP contribution in [0.5, 0.6) is 28.7 Å². The van der Waals surface area contributed by atoms with E-state index in [1.807, 2.05) is 0 Å². The summed E-state index contributed by atoms with van der Waals surface area (Å²) in [6.07, 6.45) is -6.72. The summed E-state index contributed by atoms with van der Waals surface area (Å²) in [5.41, 5.74) is 1.82. The maximum atomic E-state index is 13.7. The molecule has 10 atom stereocenters. The number of rotatable bonds is 6. The van der Waals surface area contributed by atoms with Crippen molar-refractivity contribution in [1.82, 2.24) is 5.32 Å². The van der Waals surface area contributed by atoms with Crippen LogP contribution >= 0.6 is 0 Å². The molecule has 4 aliphatic heterocycles. The number of benzene rings is 2. The third-order valence-corrected chi connectivity index (χ3v) is 9.47. The van der Waals surface area contributed by atoms with Crippen molar-refractivity contribution in [3.8, 4) is 28.7 Å². The topological polar surface area (TPSA) is 201 Å². The van der Waals surface area contributed by atoms with Gasteiger partial charge in [0.2, 0.25) is 24.2 Å². The Morgan fingerprint density at radius 3 is 2.37 bits per heavy atom. The Balaban J connectivity index is 1.24. The minimum Gasteiger partial charge on any atom is -0.502 e. The first kappa shape index (κ1) is 30.8. The van der Waals surface area contributed by atoms with E-state index in [1.165, 1.54) is 14.2 Å². The van der Waals surface area contributed by atoms with Crippen molar-refractivity contribution in [1.29, 1.82) is 0 Å². The predicted octanol–water partition coefficient (Wildman–Crippen LogP) is 0.191. The third kappa shape index (κ3) is 4.89. The normalized spacial score (nSPS) is 35.8. The van der Waals surface area contributed by atoms with Crippen molar-refractivity contribution in [2.24, 2.45) is 11.8 Å². The standard InChI is InChI=1S/C31H35NO14/c1-12-41-10-21-28(45-12)27(35)29(36)31(38,46-21)8-22(33)32-25-15-7-18-17(43-11-44-18)6-14(15)23(24-16(25)9-42-30(24)37)13-4-19(39-2)26(34)20(5-13)40-3/h4-7,12,16,21,23-25,27-29,34-36,38H,8-11H2,1-3H3,(H,32,33)/t12?,16-,21+,23+,24-,25+,27-,28+,29+,31-/m0/s1. The molecule has 1 amide bonds. The molecular weight excluding hydrogens is 610 g/mol. The largest absolute Gasteiger partial charge is 0.502 e. The van der Waals surface area contributed by atoms with E-state index < -0.39 is 78.6 Å². The lowest BCUT2D eigenvalue weighted by molar-refractivity contribution is -0.388. The summed E-state index contributed by atoms with van der Waals surface area (Å²) in [4.78, 5) is 27.1. The number of amides is 1. The number of fused-ring (bicyclic) bond motifs is 4. The number of aliphatic hydroxyl groups is 3. The number of cyclic esters (lactones) is 1. The molecule has 0 bridgehead atoms. The van der Waals surface area contributed by atoms with Gasteiger partial charge >= 0.3 is 5.97 Å². The molecule has 248 valence electrons. The minimum atomic E-state index is -2.46. The zero-order valence-electron chi connectivity index (χ0n) is 25.2. The quantitative estimate of drug-likeness (QED) is 0.267. The minimum absolute atomic E-state index is 0.0192. The van der Waals surface area contributed by atoms with Gasteiger partial charge in [-0.1, -0.05) is 0 Å². The number of methoxy groups -OCH3 is 2. The van der Waals surface area contributed by atoms with Crippen molar-refractivity contribution >= 4 is 11.9 Å². The van der Waals surface area contributed by atoms with E-state index in [1.54, 1.807) is 31.2 Å². The van der Waals surface area contributed by atoms with E-state index in [2.05, 4.69) is 5.32 Å². The summed E-state index contributed by atoms with van der Waals surface area (Å²) in [6.45, 7) is 1.56. The van der Waals surface area contributed by atoms with E-state index in [9.17, 15) is 30.0 Å². The first-order valence-electron chi connectivity index (χ1n) is 14.9. The Morgan fingerprint density at radius 2 is 1.70 bits per heavy atom. The highest BCUT2D eigenvalue weighted by molar-refractivity contribution is 5.81. The number of esters is 1. The summed E-state index contributed by atoms with van der Waals surface area (Å²) in [5, 5.41) is 46.4. The number of aliphatic hydroxyl groups excluding tert-OH is 2. The number of hydrogen-bond donors (Lipinski definition) is 5. The summed E-state index contributed by atoms with van der Waals surface area (Å²) in [5.74, 6) is -4.72. The average Bonchev–Trinajstić information content (AvgIpc) is 3.66. The fourth-order valence-electron chi connectivity index (χ4n) is 7.30. The zero-order valence-corrected chi connectivity index (χ0v) is 25.2. The van der Waals surface area contributed by atoms with E-state index in [0.29, 0.717) is 28.2 Å². The van der Waals surface area contributed by atoms with Gasteiger partial charge in [0.1, 0.15) is 24.4 Å². The summed E-state index contributed by atoms with van der Waals surface area (Å²) in [6, 6.07) is 5.91. The van der Waals surface area contributed by atoms with Gasteiger partial charge in [-0.15, -0.1) is 0 Å². The lowest BCUT2D eigenvalue weighted by Gasteiger charge is -2.49. The van der Waals surface area contributed by atoms with Gasteiger partial charge in [0.05, 0.1) is 45.8 Å². The molecule has 3 fully saturated rings. The number of phenolic OH excluding ortho intramolecular Hbond substituents is 1. The average molecular weight is 646 g/mol. The molecule has 0 spiro atoms. The molecule has 15 nitrogen and oxygen atoms in total. The van der Waals surface area contributed by atoms with Gasteiger partial charge in [0, 0.05) is 11.8 Å². The molecule has 15 heteroatoms. The maximum absolute atomic E-state index is 13.7. The molecule has 1 aliphatic carbocycles. The molecule has 7 rings (SSSR count). The van der Waals surface area contributed by atoms with Crippen molar-refractivity contribution < 1.29 is 67.9 Å². The lowest BCUT2D eigenvalue weighted by atomic mass is 9.65. The molecule has 5 aliphatic rings. The van der Waals surface area contributed by atoms with Crippen LogP contribution in [0.3, 0.4) is 0 Å². The second-order valence-corrected chi connectivity index (χ2v) is 12.1. The van der Waals surface area contributed by atoms with Gasteiger partial charge in [-0.2, -0.15) is 0 Å². The Morgan fingerprint density at radius 1 is 1.02 bits per heavy atom. The van der Waals surface area contributed by atoms with Crippen molar-refractivity contribution in [3.63, 3.8) is 0 Å². The molecular formula is C31H35NO14. The first-order valence-corrected chi connectivity index (χ1v) is 14.9. The van der Waals surface area contributed by atoms with Crippen molar-refractivity contribution in [3.05, 3.63) is 41.0 Å². The molecule has 2 aromatic rings. The molecule has 1 unspecified atom stereocenters. The van der Waals surface area contributed by atoms with Crippen molar-refractivity contribution in [2.45, 2.75) is 61.8 Å². The Bertz CT molecular complexity index is 1520. The fourth-order valence-corrected chi connectivity index (χ4v) is 7.30. The van der Waals surface area contributed by atoms with Gasteiger partial charge in [-0.25, -0.2) is 0 Å². The maximum Gasteiger partial charge on any atom is 0.310 e. The van der Waals surface area contributed by atoms with Crippen LogP contribution in [0.1, 0.15) is 42.0 Å². The number of phenols is 1. The second-order valence-electron chi connectivity index (χ2n) is 12.1. The van der Waals surface area contributed by atoms with Crippen LogP contribution in [0.15, 0.2) is 24.3 Å². The SMILES string of the molecule is COc1cc([C@@H]2c3cc4c(cc3[C@@H](NC(=O)C[C@]3(O)O[C@@H]5COC(C)O[C@H]5[C@H](O)[C@H]3O)[C@H]3COC(=O)[C@H]23)OCO4)cc(OC)c1O. The highest BCUT2D eigenvalue weighted by Crippen LogP contribution is 2.55. The highest BCUT2D eigenvalue weighted by Gasteiger charge is 2.57. The number of hydrogen-bond acceptors (Lipinski definition) is 14. The van der Waals surface area contributed by atoms with Crippen LogP contribution in [0.4, 0.5) is 0 Å². The highest BCUT2D eigenvalue weighted by atomic mass is 16.7. The molecule has 3 saturated heterocycles. The van der Waals surface area contributed by atoms with Gasteiger partial charge < -0.3 is 63.6 Å². The molecule has 2 aromatic carbocycles. The number of nitrogens with one attached hydrogen (secondary N) is 1. The third-order valence-electron chi connectivity index (χ3n) is 9.47. The van der Waals surface area contributed by atoms with Crippen LogP contribution in [0, 0.1) is 11.8 Å². The van der Waals surface area contributed by atoms with E-state index in [0.717, 1.165) is 0 Å². The number of ether oxygens (including phenoxy) is 8. The molecule has 46 heavy (non-hydrogen) atoms. The van der Waals surface area contributed by atoms with Gasteiger partial charge in [0.15, 0.2) is 29.3 Å². The molecule has 4 heterocycles. The van der Waals surface area contributed by atoms with Gasteiger partial charge in [-0.3, -0.25) is 9.59 Å². The Labute approximate surface area is 262 Å². The second kappa shape index (κ2) is 11.4.